The van der Waals surface area contributed by atoms with Crippen LogP contribution in [-0.4, -0.2) is 4.73 Å². The molecule has 0 fully saturated rings. The Hall–Kier alpha value is -1.74. The summed E-state index contributed by atoms with van der Waals surface area (Å²) in [6.45, 7) is 1.05. The first-order chi connectivity index (χ1) is 7.40. The van der Waals surface area contributed by atoms with Gasteiger partial charge in [0, 0.05) is 12.7 Å². The second kappa shape index (κ2) is 4.66. The Morgan fingerprint density at radius 2 is 1.87 bits per heavy atom. The van der Waals surface area contributed by atoms with E-state index in [4.69, 9.17) is 10.6 Å². The van der Waals surface area contributed by atoms with Crippen molar-refractivity contribution in [2.75, 3.05) is 0 Å². The number of nitrogens with two attached hydrogens (primary N) is 1. The van der Waals surface area contributed by atoms with Crippen molar-refractivity contribution in [2.45, 2.75) is 13.2 Å². The number of aromatic nitrogens is 1. The summed E-state index contributed by atoms with van der Waals surface area (Å²) in [6.07, 6.45) is 1.87. The number of hydrogen-bond acceptors (Lipinski definition) is 2. The van der Waals surface area contributed by atoms with E-state index in [-0.39, 0.29) is 0 Å². The van der Waals surface area contributed by atoms with Gasteiger partial charge < -0.3 is 10.6 Å². The van der Waals surface area contributed by atoms with Crippen molar-refractivity contribution in [3.8, 4) is 0 Å². The summed E-state index contributed by atoms with van der Waals surface area (Å²) in [5.41, 5.74) is 7.69. The van der Waals surface area contributed by atoms with Gasteiger partial charge in [0.05, 0.1) is 5.69 Å². The molecule has 2 aromatic rings. The molecule has 2 N–H and O–H groups in total. The summed E-state index contributed by atoms with van der Waals surface area (Å²) in [7, 11) is 0. The normalized spacial score (nSPS) is 10.2. The lowest BCUT2D eigenvalue weighted by Crippen LogP contribution is -2.15. The highest BCUT2D eigenvalue weighted by molar-refractivity contribution is 5.13. The van der Waals surface area contributed by atoms with Crippen molar-refractivity contribution < 1.29 is 4.84 Å². The lowest BCUT2D eigenvalue weighted by atomic mass is 10.2. The van der Waals surface area contributed by atoms with Crippen LogP contribution in [0.1, 0.15) is 11.3 Å². The van der Waals surface area contributed by atoms with Crippen molar-refractivity contribution >= 4 is 0 Å². The van der Waals surface area contributed by atoms with Crippen LogP contribution in [-0.2, 0) is 13.2 Å². The minimum atomic E-state index is 0.488. The van der Waals surface area contributed by atoms with Crippen molar-refractivity contribution in [2.24, 2.45) is 5.73 Å². The molecule has 0 aliphatic carbocycles. The number of nitrogens with zero attached hydrogens (tertiary/aromatic N) is 1. The van der Waals surface area contributed by atoms with Crippen molar-refractivity contribution in [1.29, 1.82) is 0 Å². The van der Waals surface area contributed by atoms with Gasteiger partial charge in [0.25, 0.3) is 0 Å². The molecular weight excluding hydrogens is 188 g/mol. The lowest BCUT2D eigenvalue weighted by molar-refractivity contribution is 0.0920. The zero-order chi connectivity index (χ0) is 10.5. The Morgan fingerprint density at radius 3 is 2.60 bits per heavy atom. The monoisotopic (exact) mass is 202 g/mol. The van der Waals surface area contributed by atoms with Gasteiger partial charge in [-0.3, -0.25) is 0 Å². The summed E-state index contributed by atoms with van der Waals surface area (Å²) in [5, 5.41) is 0. The zero-order valence-corrected chi connectivity index (χ0v) is 8.47. The van der Waals surface area contributed by atoms with E-state index in [0.29, 0.717) is 13.2 Å². The van der Waals surface area contributed by atoms with Gasteiger partial charge in [-0.1, -0.05) is 30.3 Å². The molecule has 0 bridgehead atoms. The van der Waals surface area contributed by atoms with E-state index < -0.39 is 0 Å². The molecule has 0 aliphatic heterocycles. The van der Waals surface area contributed by atoms with Gasteiger partial charge in [0.15, 0.2) is 0 Å². The third kappa shape index (κ3) is 2.39. The van der Waals surface area contributed by atoms with Crippen LogP contribution >= 0.6 is 0 Å². The van der Waals surface area contributed by atoms with Crippen LogP contribution < -0.4 is 10.6 Å². The third-order valence-electron chi connectivity index (χ3n) is 2.22. The molecule has 1 aromatic heterocycles. The maximum Gasteiger partial charge on any atom is 0.140 e. The average Bonchev–Trinajstić information content (AvgIpc) is 2.75. The first-order valence-corrected chi connectivity index (χ1v) is 4.93. The Morgan fingerprint density at radius 1 is 1.07 bits per heavy atom. The summed E-state index contributed by atoms with van der Waals surface area (Å²) in [5.74, 6) is 0. The van der Waals surface area contributed by atoms with Crippen molar-refractivity contribution in [1.82, 2.24) is 4.73 Å². The summed E-state index contributed by atoms with van der Waals surface area (Å²) in [4.78, 5) is 5.59. The first kappa shape index (κ1) is 9.80. The minimum absolute atomic E-state index is 0.488. The molecule has 0 spiro atoms. The fourth-order valence-corrected chi connectivity index (χ4v) is 1.40. The third-order valence-corrected chi connectivity index (χ3v) is 2.22. The molecule has 15 heavy (non-hydrogen) atoms. The maximum absolute atomic E-state index is 5.59. The van der Waals surface area contributed by atoms with E-state index >= 15 is 0 Å². The average molecular weight is 202 g/mol. The molecule has 2 rings (SSSR count). The van der Waals surface area contributed by atoms with Crippen LogP contribution in [0.5, 0.6) is 0 Å². The molecule has 1 heterocycles. The van der Waals surface area contributed by atoms with Crippen molar-refractivity contribution in [3.63, 3.8) is 0 Å². The maximum atomic E-state index is 5.59. The molecule has 0 saturated heterocycles. The first-order valence-electron chi connectivity index (χ1n) is 4.93. The molecule has 0 saturated carbocycles. The minimum Gasteiger partial charge on any atom is -0.409 e. The van der Waals surface area contributed by atoms with Crippen molar-refractivity contribution in [3.05, 3.63) is 59.9 Å². The highest BCUT2D eigenvalue weighted by Crippen LogP contribution is 2.02. The van der Waals surface area contributed by atoms with Crippen LogP contribution in [0.15, 0.2) is 48.7 Å². The predicted molar refractivity (Wildman–Crippen MR) is 59.0 cm³/mol. The lowest BCUT2D eigenvalue weighted by Gasteiger charge is -2.09. The molecule has 0 aliphatic rings. The molecular formula is C12H14N2O. The second-order valence-corrected chi connectivity index (χ2v) is 3.29. The van der Waals surface area contributed by atoms with E-state index in [0.717, 1.165) is 11.3 Å². The summed E-state index contributed by atoms with van der Waals surface area (Å²) in [6, 6.07) is 13.9. The number of hydrogen-bond donors (Lipinski definition) is 1. The smallest absolute Gasteiger partial charge is 0.140 e. The highest BCUT2D eigenvalue weighted by Gasteiger charge is 1.98. The Kier molecular flexibility index (Phi) is 3.05. The van der Waals surface area contributed by atoms with Gasteiger partial charge in [-0.25, -0.2) is 0 Å². The molecule has 0 amide bonds. The van der Waals surface area contributed by atoms with E-state index in [9.17, 15) is 0 Å². The quantitative estimate of drug-likeness (QED) is 0.817. The van der Waals surface area contributed by atoms with Gasteiger partial charge in [0.1, 0.15) is 6.61 Å². The number of benzene rings is 1. The molecule has 1 aromatic carbocycles. The molecule has 3 heteroatoms. The van der Waals surface area contributed by atoms with Gasteiger partial charge >= 0.3 is 0 Å². The molecule has 3 nitrogen and oxygen atoms in total. The highest BCUT2D eigenvalue weighted by atomic mass is 16.7. The molecule has 78 valence electrons. The molecule has 0 unspecified atom stereocenters. The fraction of sp³-hybridized carbons (Fsp3) is 0.167. The van der Waals surface area contributed by atoms with E-state index in [1.807, 2.05) is 48.7 Å². The molecule has 0 atom stereocenters. The van der Waals surface area contributed by atoms with Gasteiger partial charge in [0.2, 0.25) is 0 Å². The summed E-state index contributed by atoms with van der Waals surface area (Å²) >= 11 is 0. The van der Waals surface area contributed by atoms with E-state index in [2.05, 4.69) is 0 Å². The largest absolute Gasteiger partial charge is 0.409 e. The fourth-order valence-electron chi connectivity index (χ4n) is 1.40. The summed E-state index contributed by atoms with van der Waals surface area (Å²) < 4.78 is 1.72. The zero-order valence-electron chi connectivity index (χ0n) is 8.47. The SMILES string of the molecule is NCc1cccn1OCc1ccccc1. The molecule has 0 radical (unpaired) electrons. The van der Waals surface area contributed by atoms with Gasteiger partial charge in [-0.15, -0.1) is 0 Å². The standard InChI is InChI=1S/C12H14N2O/c13-9-12-7-4-8-14(12)15-10-11-5-2-1-3-6-11/h1-8H,9-10,13H2. The Balaban J connectivity index is 1.99. The van der Waals surface area contributed by atoms with Crippen LogP contribution in [0.2, 0.25) is 0 Å². The van der Waals surface area contributed by atoms with Gasteiger partial charge in [-0.2, -0.15) is 4.73 Å². The van der Waals surface area contributed by atoms with Crippen LogP contribution in [0, 0.1) is 0 Å². The predicted octanol–water partition coefficient (Wildman–Crippen LogP) is 1.58. The Labute approximate surface area is 89.0 Å². The topological polar surface area (TPSA) is 40.2 Å². The van der Waals surface area contributed by atoms with Crippen LogP contribution in [0.25, 0.3) is 0 Å². The van der Waals surface area contributed by atoms with Crippen LogP contribution in [0.4, 0.5) is 0 Å². The Bertz CT molecular complexity index is 409. The number of rotatable bonds is 4. The van der Waals surface area contributed by atoms with E-state index in [1.165, 1.54) is 0 Å². The van der Waals surface area contributed by atoms with Gasteiger partial charge in [-0.05, 0) is 17.7 Å². The second-order valence-electron chi connectivity index (χ2n) is 3.29. The van der Waals surface area contributed by atoms with E-state index in [1.54, 1.807) is 4.73 Å². The van der Waals surface area contributed by atoms with Crippen LogP contribution in [0.3, 0.4) is 0 Å².